The number of Topliss-reactive ketones (excluding diaryl/α,β-unsaturated/α-hetero) is 1. The standard InChI is InChI=1S/C10H15N3OS/c1-13-9(7-11-12-13)10(14)6-8-2-4-15-5-3-8/h7-8H,2-6H2,1H3. The first-order chi connectivity index (χ1) is 7.27. The van der Waals surface area contributed by atoms with Crippen molar-refractivity contribution in [2.24, 2.45) is 13.0 Å². The summed E-state index contributed by atoms with van der Waals surface area (Å²) < 4.78 is 1.56. The highest BCUT2D eigenvalue weighted by atomic mass is 32.2. The van der Waals surface area contributed by atoms with E-state index in [-0.39, 0.29) is 5.78 Å². The monoisotopic (exact) mass is 225 g/mol. The minimum atomic E-state index is 0.180. The average molecular weight is 225 g/mol. The smallest absolute Gasteiger partial charge is 0.182 e. The molecule has 5 heteroatoms. The van der Waals surface area contributed by atoms with Crippen LogP contribution in [0, 0.1) is 5.92 Å². The molecule has 1 aliphatic rings. The third kappa shape index (κ3) is 2.59. The SMILES string of the molecule is Cn1nncc1C(=O)CC1CCSCC1. The minimum Gasteiger partial charge on any atom is -0.292 e. The predicted molar refractivity (Wildman–Crippen MR) is 60.0 cm³/mol. The molecule has 2 heterocycles. The van der Waals surface area contributed by atoms with Crippen LogP contribution >= 0.6 is 11.8 Å². The molecule has 2 rings (SSSR count). The van der Waals surface area contributed by atoms with Crippen molar-refractivity contribution in [2.45, 2.75) is 19.3 Å². The summed E-state index contributed by atoms with van der Waals surface area (Å²) in [7, 11) is 1.76. The lowest BCUT2D eigenvalue weighted by atomic mass is 9.95. The molecule has 1 saturated heterocycles. The van der Waals surface area contributed by atoms with E-state index in [4.69, 9.17) is 0 Å². The predicted octanol–water partition coefficient (Wildman–Crippen LogP) is 1.53. The summed E-state index contributed by atoms with van der Waals surface area (Å²) in [6.45, 7) is 0. The molecule has 0 N–H and O–H groups in total. The summed E-state index contributed by atoms with van der Waals surface area (Å²) in [6, 6.07) is 0. The lowest BCUT2D eigenvalue weighted by Crippen LogP contribution is -2.16. The van der Waals surface area contributed by atoms with Crippen LogP contribution in [0.5, 0.6) is 0 Å². The molecule has 0 unspecified atom stereocenters. The van der Waals surface area contributed by atoms with Gasteiger partial charge in [-0.3, -0.25) is 4.79 Å². The zero-order valence-electron chi connectivity index (χ0n) is 8.85. The Morgan fingerprint density at radius 1 is 1.60 bits per heavy atom. The summed E-state index contributed by atoms with van der Waals surface area (Å²) in [5.41, 5.74) is 0.633. The molecule has 82 valence electrons. The van der Waals surface area contributed by atoms with Gasteiger partial charge in [0.05, 0.1) is 6.20 Å². The van der Waals surface area contributed by atoms with Gasteiger partial charge in [-0.05, 0) is 30.3 Å². The Hall–Kier alpha value is -0.840. The van der Waals surface area contributed by atoms with Gasteiger partial charge in [-0.25, -0.2) is 4.68 Å². The molecule has 0 spiro atoms. The van der Waals surface area contributed by atoms with Crippen molar-refractivity contribution in [3.63, 3.8) is 0 Å². The molecule has 1 aromatic heterocycles. The highest BCUT2D eigenvalue weighted by molar-refractivity contribution is 7.99. The van der Waals surface area contributed by atoms with E-state index >= 15 is 0 Å². The Bertz CT molecular complexity index is 344. The Morgan fingerprint density at radius 2 is 2.33 bits per heavy atom. The Kier molecular flexibility index (Phi) is 3.41. The Morgan fingerprint density at radius 3 is 2.93 bits per heavy atom. The number of carbonyl (C=O) groups is 1. The van der Waals surface area contributed by atoms with Gasteiger partial charge in [-0.15, -0.1) is 5.10 Å². The van der Waals surface area contributed by atoms with Gasteiger partial charge in [0.25, 0.3) is 0 Å². The first-order valence-electron chi connectivity index (χ1n) is 5.23. The summed E-state index contributed by atoms with van der Waals surface area (Å²) in [4.78, 5) is 11.9. The van der Waals surface area contributed by atoms with E-state index in [9.17, 15) is 4.79 Å². The number of ketones is 1. The van der Waals surface area contributed by atoms with Crippen LogP contribution in [-0.2, 0) is 7.05 Å². The van der Waals surface area contributed by atoms with Crippen molar-refractivity contribution in [3.05, 3.63) is 11.9 Å². The Labute approximate surface area is 93.4 Å². The number of hydrogen-bond acceptors (Lipinski definition) is 4. The first kappa shape index (κ1) is 10.7. The number of aryl methyl sites for hydroxylation is 1. The van der Waals surface area contributed by atoms with E-state index in [1.807, 2.05) is 11.8 Å². The van der Waals surface area contributed by atoms with Gasteiger partial charge in [-0.2, -0.15) is 11.8 Å². The molecule has 0 amide bonds. The summed E-state index contributed by atoms with van der Waals surface area (Å²) in [5, 5.41) is 7.50. The largest absolute Gasteiger partial charge is 0.292 e. The van der Waals surface area contributed by atoms with E-state index < -0.39 is 0 Å². The fourth-order valence-corrected chi connectivity index (χ4v) is 3.06. The molecule has 0 atom stereocenters. The first-order valence-corrected chi connectivity index (χ1v) is 6.38. The van der Waals surface area contributed by atoms with Crippen molar-refractivity contribution in [1.82, 2.24) is 15.0 Å². The quantitative estimate of drug-likeness (QED) is 0.732. The average Bonchev–Trinajstić information content (AvgIpc) is 2.66. The Balaban J connectivity index is 1.94. The number of rotatable bonds is 3. The van der Waals surface area contributed by atoms with Crippen molar-refractivity contribution in [1.29, 1.82) is 0 Å². The maximum Gasteiger partial charge on any atom is 0.182 e. The zero-order chi connectivity index (χ0) is 10.7. The molecule has 1 aliphatic heterocycles. The van der Waals surface area contributed by atoms with Gasteiger partial charge in [0.1, 0.15) is 5.69 Å². The molecular weight excluding hydrogens is 210 g/mol. The minimum absolute atomic E-state index is 0.180. The molecule has 15 heavy (non-hydrogen) atoms. The van der Waals surface area contributed by atoms with Crippen LogP contribution in [0.4, 0.5) is 0 Å². The van der Waals surface area contributed by atoms with Crippen molar-refractivity contribution in [3.8, 4) is 0 Å². The van der Waals surface area contributed by atoms with Crippen LogP contribution < -0.4 is 0 Å². The number of thioether (sulfide) groups is 1. The highest BCUT2D eigenvalue weighted by Crippen LogP contribution is 2.26. The number of hydrogen-bond donors (Lipinski definition) is 0. The van der Waals surface area contributed by atoms with Crippen LogP contribution in [0.15, 0.2) is 6.20 Å². The number of nitrogens with zero attached hydrogens (tertiary/aromatic N) is 3. The molecule has 1 fully saturated rings. The van der Waals surface area contributed by atoms with Crippen LogP contribution in [0.1, 0.15) is 29.8 Å². The van der Waals surface area contributed by atoms with Gasteiger partial charge in [-0.1, -0.05) is 5.21 Å². The maximum absolute atomic E-state index is 11.9. The van der Waals surface area contributed by atoms with Crippen molar-refractivity contribution >= 4 is 17.5 Å². The number of carbonyl (C=O) groups excluding carboxylic acids is 1. The molecule has 0 aliphatic carbocycles. The molecule has 1 aromatic rings. The molecule has 0 saturated carbocycles. The van der Waals surface area contributed by atoms with Gasteiger partial charge < -0.3 is 0 Å². The molecule has 0 bridgehead atoms. The van der Waals surface area contributed by atoms with E-state index in [0.29, 0.717) is 18.0 Å². The van der Waals surface area contributed by atoms with E-state index in [0.717, 1.165) is 0 Å². The third-order valence-electron chi connectivity index (χ3n) is 2.82. The zero-order valence-corrected chi connectivity index (χ0v) is 9.66. The highest BCUT2D eigenvalue weighted by Gasteiger charge is 2.19. The number of aromatic nitrogens is 3. The van der Waals surface area contributed by atoms with Crippen molar-refractivity contribution in [2.75, 3.05) is 11.5 Å². The maximum atomic E-state index is 11.9. The second-order valence-electron chi connectivity index (χ2n) is 3.93. The van der Waals surface area contributed by atoms with Crippen LogP contribution in [0.3, 0.4) is 0 Å². The lowest BCUT2D eigenvalue weighted by Gasteiger charge is -2.20. The second kappa shape index (κ2) is 4.79. The van der Waals surface area contributed by atoms with Crippen LogP contribution in [0.2, 0.25) is 0 Å². The fourth-order valence-electron chi connectivity index (χ4n) is 1.86. The summed E-state index contributed by atoms with van der Waals surface area (Å²) in [6.07, 6.45) is 4.55. The van der Waals surface area contributed by atoms with E-state index in [1.54, 1.807) is 17.9 Å². The van der Waals surface area contributed by atoms with E-state index in [1.165, 1.54) is 24.3 Å². The summed E-state index contributed by atoms with van der Waals surface area (Å²) in [5.74, 6) is 3.14. The topological polar surface area (TPSA) is 47.8 Å². The third-order valence-corrected chi connectivity index (χ3v) is 3.86. The van der Waals surface area contributed by atoms with Crippen molar-refractivity contribution < 1.29 is 4.79 Å². The lowest BCUT2D eigenvalue weighted by molar-refractivity contribution is 0.0949. The van der Waals surface area contributed by atoms with E-state index in [2.05, 4.69) is 10.3 Å². The molecule has 4 nitrogen and oxygen atoms in total. The normalized spacial score (nSPS) is 17.9. The second-order valence-corrected chi connectivity index (χ2v) is 5.15. The van der Waals surface area contributed by atoms with Gasteiger partial charge in [0, 0.05) is 13.5 Å². The van der Waals surface area contributed by atoms with Crippen LogP contribution in [0.25, 0.3) is 0 Å². The fraction of sp³-hybridized carbons (Fsp3) is 0.700. The van der Waals surface area contributed by atoms with Crippen LogP contribution in [-0.4, -0.2) is 32.3 Å². The molecule has 0 aromatic carbocycles. The summed E-state index contributed by atoms with van der Waals surface area (Å²) >= 11 is 1.99. The van der Waals surface area contributed by atoms with Gasteiger partial charge in [0.15, 0.2) is 5.78 Å². The molecule has 0 radical (unpaired) electrons. The van der Waals surface area contributed by atoms with Gasteiger partial charge >= 0.3 is 0 Å². The molecular formula is C10H15N3OS. The van der Waals surface area contributed by atoms with Gasteiger partial charge in [0.2, 0.25) is 0 Å².